The van der Waals surface area contributed by atoms with Gasteiger partial charge in [0.05, 0.1) is 11.0 Å². The van der Waals surface area contributed by atoms with Crippen molar-refractivity contribution >= 4 is 11.0 Å². The third-order valence-electron chi connectivity index (χ3n) is 7.32. The van der Waals surface area contributed by atoms with Crippen LogP contribution in [0, 0.1) is 17.8 Å². The van der Waals surface area contributed by atoms with Gasteiger partial charge in [-0.05, 0) is 100 Å². The first-order valence-electron chi connectivity index (χ1n) is 11.6. The molecule has 28 heavy (non-hydrogen) atoms. The van der Waals surface area contributed by atoms with Crippen molar-refractivity contribution < 1.29 is 0 Å². The Bertz CT molecular complexity index is 735. The van der Waals surface area contributed by atoms with E-state index in [0.717, 1.165) is 28.8 Å². The Morgan fingerprint density at radius 2 is 1.57 bits per heavy atom. The van der Waals surface area contributed by atoms with Crippen LogP contribution < -0.4 is 0 Å². The number of rotatable bonds is 5. The zero-order valence-corrected chi connectivity index (χ0v) is 17.8. The lowest BCUT2D eigenvalue weighted by molar-refractivity contribution is 0.173. The van der Waals surface area contributed by atoms with Gasteiger partial charge in [-0.15, -0.1) is 0 Å². The molecule has 1 unspecified atom stereocenters. The van der Waals surface area contributed by atoms with Gasteiger partial charge in [0, 0.05) is 18.9 Å². The third-order valence-corrected chi connectivity index (χ3v) is 7.32. The molecule has 0 aliphatic heterocycles. The molecular weight excluding hydrogens is 342 g/mol. The predicted molar refractivity (Wildman–Crippen MR) is 117 cm³/mol. The zero-order valence-electron chi connectivity index (χ0n) is 17.8. The molecule has 2 aliphatic rings. The smallest absolute Gasteiger partial charge is 0.0921 e. The van der Waals surface area contributed by atoms with Crippen LogP contribution in [-0.2, 0) is 0 Å². The topological polar surface area (TPSA) is 29.0 Å². The van der Waals surface area contributed by atoms with Crippen LogP contribution in [0.25, 0.3) is 11.0 Å². The summed E-state index contributed by atoms with van der Waals surface area (Å²) in [5.74, 6) is 3.19. The van der Waals surface area contributed by atoms with E-state index < -0.39 is 0 Å². The molecule has 0 spiro atoms. The van der Waals surface area contributed by atoms with Gasteiger partial charge < -0.3 is 4.90 Å². The van der Waals surface area contributed by atoms with E-state index in [2.05, 4.69) is 36.1 Å². The maximum atomic E-state index is 4.80. The predicted octanol–water partition coefficient (Wildman–Crippen LogP) is 6.05. The molecule has 0 radical (unpaired) electrons. The van der Waals surface area contributed by atoms with Gasteiger partial charge in [-0.1, -0.05) is 25.7 Å². The molecule has 3 nitrogen and oxygen atoms in total. The SMILES string of the molecule is CN(C)CC1CCC(C(c2ccnc3cccnc23)C2CCCCCC2)CC1. The summed E-state index contributed by atoms with van der Waals surface area (Å²) in [7, 11) is 4.43. The molecule has 2 aromatic rings. The summed E-state index contributed by atoms with van der Waals surface area (Å²) in [5.41, 5.74) is 3.73. The monoisotopic (exact) mass is 379 g/mol. The summed E-state index contributed by atoms with van der Waals surface area (Å²) in [5, 5.41) is 0. The van der Waals surface area contributed by atoms with Crippen molar-refractivity contribution in [2.75, 3.05) is 20.6 Å². The van der Waals surface area contributed by atoms with Gasteiger partial charge >= 0.3 is 0 Å². The molecule has 0 N–H and O–H groups in total. The highest BCUT2D eigenvalue weighted by molar-refractivity contribution is 5.77. The molecule has 2 heterocycles. The second-order valence-corrected chi connectivity index (χ2v) is 9.59. The molecule has 2 aliphatic carbocycles. The van der Waals surface area contributed by atoms with E-state index in [1.165, 1.54) is 76.3 Å². The maximum absolute atomic E-state index is 4.80. The fourth-order valence-corrected chi connectivity index (χ4v) is 6.08. The van der Waals surface area contributed by atoms with Crippen molar-refractivity contribution in [3.05, 3.63) is 36.2 Å². The first-order chi connectivity index (χ1) is 13.7. The summed E-state index contributed by atoms with van der Waals surface area (Å²) in [4.78, 5) is 11.8. The standard InChI is InChI=1S/C25H37N3/c1-28(2)18-19-11-13-21(14-12-19)24(20-8-5-3-4-6-9-20)22-15-17-26-23-10-7-16-27-25(22)23/h7,10,15-17,19-21,24H,3-6,8-9,11-14,18H2,1-2H3. The summed E-state index contributed by atoms with van der Waals surface area (Å²) >= 11 is 0. The van der Waals surface area contributed by atoms with E-state index in [-0.39, 0.29) is 0 Å². The molecule has 2 aromatic heterocycles. The lowest BCUT2D eigenvalue weighted by Crippen LogP contribution is -2.30. The molecular formula is C25H37N3. The highest BCUT2D eigenvalue weighted by Gasteiger charge is 2.35. The molecule has 0 bridgehead atoms. The van der Waals surface area contributed by atoms with Crippen LogP contribution in [0.2, 0.25) is 0 Å². The van der Waals surface area contributed by atoms with Crippen LogP contribution in [0.1, 0.15) is 75.7 Å². The largest absolute Gasteiger partial charge is 0.309 e. The number of nitrogens with zero attached hydrogens (tertiary/aromatic N) is 3. The lowest BCUT2D eigenvalue weighted by atomic mass is 9.67. The van der Waals surface area contributed by atoms with E-state index in [9.17, 15) is 0 Å². The number of pyridine rings is 2. The molecule has 4 rings (SSSR count). The molecule has 0 amide bonds. The number of hydrogen-bond donors (Lipinski definition) is 0. The summed E-state index contributed by atoms with van der Waals surface area (Å²) in [6.45, 7) is 1.25. The molecule has 1 atom stereocenters. The fourth-order valence-electron chi connectivity index (χ4n) is 6.08. The molecule has 0 aromatic carbocycles. The summed E-state index contributed by atoms with van der Waals surface area (Å²) < 4.78 is 0. The molecule has 3 heteroatoms. The zero-order chi connectivity index (χ0) is 19.3. The van der Waals surface area contributed by atoms with Gasteiger partial charge in [-0.2, -0.15) is 0 Å². The van der Waals surface area contributed by atoms with E-state index in [1.807, 2.05) is 18.5 Å². The van der Waals surface area contributed by atoms with Crippen molar-refractivity contribution in [3.8, 4) is 0 Å². The average molecular weight is 380 g/mol. The second kappa shape index (κ2) is 9.35. The first kappa shape index (κ1) is 19.8. The van der Waals surface area contributed by atoms with Gasteiger partial charge in [0.25, 0.3) is 0 Å². The van der Waals surface area contributed by atoms with Gasteiger partial charge in [-0.25, -0.2) is 0 Å². The summed E-state index contributed by atoms with van der Waals surface area (Å²) in [6.07, 6.45) is 18.0. The van der Waals surface area contributed by atoms with E-state index >= 15 is 0 Å². The first-order valence-corrected chi connectivity index (χ1v) is 11.6. The number of aromatic nitrogens is 2. The van der Waals surface area contributed by atoms with Crippen LogP contribution in [0.15, 0.2) is 30.6 Å². The van der Waals surface area contributed by atoms with Crippen LogP contribution in [-0.4, -0.2) is 35.5 Å². The minimum absolute atomic E-state index is 0.666. The minimum atomic E-state index is 0.666. The van der Waals surface area contributed by atoms with Gasteiger partial charge in [0.1, 0.15) is 0 Å². The van der Waals surface area contributed by atoms with Gasteiger partial charge in [0.2, 0.25) is 0 Å². The Morgan fingerprint density at radius 1 is 0.857 bits per heavy atom. The molecule has 0 saturated heterocycles. The van der Waals surface area contributed by atoms with E-state index in [1.54, 1.807) is 0 Å². The minimum Gasteiger partial charge on any atom is -0.309 e. The maximum Gasteiger partial charge on any atom is 0.0921 e. The Kier molecular flexibility index (Phi) is 6.61. The number of fused-ring (bicyclic) bond motifs is 1. The van der Waals surface area contributed by atoms with Crippen molar-refractivity contribution in [1.82, 2.24) is 14.9 Å². The Labute approximate surface area is 171 Å². The third kappa shape index (κ3) is 4.56. The van der Waals surface area contributed by atoms with Crippen LogP contribution >= 0.6 is 0 Å². The Hall–Kier alpha value is -1.48. The molecule has 2 fully saturated rings. The highest BCUT2D eigenvalue weighted by atomic mass is 15.1. The molecule has 152 valence electrons. The second-order valence-electron chi connectivity index (χ2n) is 9.59. The quantitative estimate of drug-likeness (QED) is 0.592. The van der Waals surface area contributed by atoms with Crippen LogP contribution in [0.3, 0.4) is 0 Å². The van der Waals surface area contributed by atoms with Crippen LogP contribution in [0.4, 0.5) is 0 Å². The van der Waals surface area contributed by atoms with Gasteiger partial charge in [0.15, 0.2) is 0 Å². The van der Waals surface area contributed by atoms with Crippen LogP contribution in [0.5, 0.6) is 0 Å². The number of hydrogen-bond acceptors (Lipinski definition) is 3. The molecule has 2 saturated carbocycles. The normalized spacial score (nSPS) is 25.7. The van der Waals surface area contributed by atoms with Crippen molar-refractivity contribution in [3.63, 3.8) is 0 Å². The van der Waals surface area contributed by atoms with Gasteiger partial charge in [-0.3, -0.25) is 9.97 Å². The van der Waals surface area contributed by atoms with E-state index in [0.29, 0.717) is 5.92 Å². The average Bonchev–Trinajstić information content (AvgIpc) is 2.99. The van der Waals surface area contributed by atoms with E-state index in [4.69, 9.17) is 4.98 Å². The summed E-state index contributed by atoms with van der Waals surface area (Å²) in [6, 6.07) is 6.45. The Morgan fingerprint density at radius 3 is 2.29 bits per heavy atom. The van der Waals surface area contributed by atoms with Crippen molar-refractivity contribution in [1.29, 1.82) is 0 Å². The van der Waals surface area contributed by atoms with Crippen molar-refractivity contribution in [2.24, 2.45) is 17.8 Å². The lowest BCUT2D eigenvalue weighted by Gasteiger charge is -2.39. The highest BCUT2D eigenvalue weighted by Crippen LogP contribution is 2.47. The fraction of sp³-hybridized carbons (Fsp3) is 0.680. The Balaban J connectivity index is 1.63. The van der Waals surface area contributed by atoms with Crippen molar-refractivity contribution in [2.45, 2.75) is 70.1 Å².